The van der Waals surface area contributed by atoms with Crippen LogP contribution >= 0.6 is 0 Å². The first-order valence-electron chi connectivity index (χ1n) is 6.50. The van der Waals surface area contributed by atoms with Crippen molar-refractivity contribution in [1.82, 2.24) is 9.71 Å². The first-order chi connectivity index (χ1) is 9.05. The van der Waals surface area contributed by atoms with Gasteiger partial charge in [0.15, 0.2) is 0 Å². The van der Waals surface area contributed by atoms with Gasteiger partial charge in [0.2, 0.25) is 10.0 Å². The number of nitrogens with zero attached hydrogens (tertiary/aromatic N) is 1. The average molecular weight is 284 g/mol. The third-order valence-electron chi connectivity index (χ3n) is 3.32. The SMILES string of the molecule is CCC(CC1CC1)NS(=O)(=O)c1ccnc(NN)c1. The number of anilines is 1. The van der Waals surface area contributed by atoms with E-state index in [4.69, 9.17) is 5.84 Å². The Hall–Kier alpha value is -1.18. The van der Waals surface area contributed by atoms with Gasteiger partial charge >= 0.3 is 0 Å². The van der Waals surface area contributed by atoms with Crippen molar-refractivity contribution < 1.29 is 8.42 Å². The van der Waals surface area contributed by atoms with Crippen LogP contribution in [0.2, 0.25) is 0 Å². The Morgan fingerprint density at radius 2 is 2.26 bits per heavy atom. The van der Waals surface area contributed by atoms with Gasteiger partial charge in [0.05, 0.1) is 4.90 Å². The molecule has 106 valence electrons. The number of pyridine rings is 1. The first kappa shape index (κ1) is 14.2. The predicted molar refractivity (Wildman–Crippen MR) is 73.8 cm³/mol. The van der Waals surface area contributed by atoms with E-state index in [0.717, 1.165) is 12.8 Å². The molecule has 1 saturated carbocycles. The molecule has 19 heavy (non-hydrogen) atoms. The molecular weight excluding hydrogens is 264 g/mol. The third kappa shape index (κ3) is 3.89. The van der Waals surface area contributed by atoms with E-state index in [0.29, 0.717) is 11.7 Å². The number of hydrogen-bond acceptors (Lipinski definition) is 5. The van der Waals surface area contributed by atoms with Gasteiger partial charge in [0, 0.05) is 18.3 Å². The molecule has 2 rings (SSSR count). The Morgan fingerprint density at radius 1 is 1.53 bits per heavy atom. The number of nitrogens with two attached hydrogens (primary N) is 1. The summed E-state index contributed by atoms with van der Waals surface area (Å²) in [4.78, 5) is 4.09. The van der Waals surface area contributed by atoms with Crippen molar-refractivity contribution in [3.05, 3.63) is 18.3 Å². The molecule has 1 aliphatic carbocycles. The van der Waals surface area contributed by atoms with Gasteiger partial charge in [0.1, 0.15) is 5.82 Å². The van der Waals surface area contributed by atoms with Crippen molar-refractivity contribution >= 4 is 15.8 Å². The van der Waals surface area contributed by atoms with Crippen LogP contribution in [0.5, 0.6) is 0 Å². The van der Waals surface area contributed by atoms with Gasteiger partial charge < -0.3 is 5.43 Å². The molecule has 0 aromatic carbocycles. The minimum absolute atomic E-state index is 0.0000454. The second-order valence-corrected chi connectivity index (χ2v) is 6.64. The Balaban J connectivity index is 2.10. The van der Waals surface area contributed by atoms with Crippen molar-refractivity contribution in [1.29, 1.82) is 0 Å². The van der Waals surface area contributed by atoms with Crippen LogP contribution < -0.4 is 16.0 Å². The molecule has 1 aromatic heterocycles. The quantitative estimate of drug-likeness (QED) is 0.517. The van der Waals surface area contributed by atoms with E-state index in [1.807, 2.05) is 6.92 Å². The fourth-order valence-electron chi connectivity index (χ4n) is 2.00. The van der Waals surface area contributed by atoms with Crippen molar-refractivity contribution in [3.8, 4) is 0 Å². The van der Waals surface area contributed by atoms with Crippen LogP contribution in [0.3, 0.4) is 0 Å². The molecule has 1 aromatic rings. The highest BCUT2D eigenvalue weighted by Gasteiger charge is 2.27. The van der Waals surface area contributed by atoms with E-state index in [-0.39, 0.29) is 10.9 Å². The average Bonchev–Trinajstić information content (AvgIpc) is 3.21. The molecule has 0 saturated heterocycles. The van der Waals surface area contributed by atoms with E-state index in [1.165, 1.54) is 31.2 Å². The molecule has 0 spiro atoms. The Kier molecular flexibility index (Phi) is 4.38. The summed E-state index contributed by atoms with van der Waals surface area (Å²) in [5.41, 5.74) is 2.35. The summed E-state index contributed by atoms with van der Waals surface area (Å²) in [6, 6.07) is 2.89. The summed E-state index contributed by atoms with van der Waals surface area (Å²) in [6.45, 7) is 2.00. The molecular formula is C12H20N4O2S. The molecule has 7 heteroatoms. The van der Waals surface area contributed by atoms with Crippen LogP contribution in [0.1, 0.15) is 32.6 Å². The third-order valence-corrected chi connectivity index (χ3v) is 4.84. The molecule has 1 unspecified atom stereocenters. The zero-order valence-corrected chi connectivity index (χ0v) is 11.8. The van der Waals surface area contributed by atoms with E-state index in [2.05, 4.69) is 15.1 Å². The maximum Gasteiger partial charge on any atom is 0.241 e. The topological polar surface area (TPSA) is 97.1 Å². The van der Waals surface area contributed by atoms with Gasteiger partial charge in [-0.1, -0.05) is 19.8 Å². The second kappa shape index (κ2) is 5.85. The van der Waals surface area contributed by atoms with Gasteiger partial charge in [-0.2, -0.15) is 0 Å². The maximum atomic E-state index is 12.3. The molecule has 0 bridgehead atoms. The lowest BCUT2D eigenvalue weighted by Gasteiger charge is -2.17. The lowest BCUT2D eigenvalue weighted by atomic mass is 10.1. The molecule has 0 radical (unpaired) electrons. The van der Waals surface area contributed by atoms with Gasteiger partial charge in [-0.25, -0.2) is 24.0 Å². The van der Waals surface area contributed by atoms with Crippen molar-refractivity contribution in [2.45, 2.75) is 43.5 Å². The predicted octanol–water partition coefficient (Wildman–Crippen LogP) is 1.22. The molecule has 1 aliphatic rings. The van der Waals surface area contributed by atoms with Crippen LogP contribution in [-0.2, 0) is 10.0 Å². The van der Waals surface area contributed by atoms with Crippen molar-refractivity contribution in [2.24, 2.45) is 11.8 Å². The summed E-state index contributed by atoms with van der Waals surface area (Å²) >= 11 is 0. The van der Waals surface area contributed by atoms with Crippen LogP contribution in [0.25, 0.3) is 0 Å². The molecule has 6 nitrogen and oxygen atoms in total. The van der Waals surface area contributed by atoms with E-state index < -0.39 is 10.0 Å². The van der Waals surface area contributed by atoms with Gasteiger partial charge in [-0.3, -0.25) is 0 Å². The summed E-state index contributed by atoms with van der Waals surface area (Å²) in [5.74, 6) is 6.25. The monoisotopic (exact) mass is 284 g/mol. The summed E-state index contributed by atoms with van der Waals surface area (Å²) in [7, 11) is -3.51. The lowest BCUT2D eigenvalue weighted by Crippen LogP contribution is -2.34. The van der Waals surface area contributed by atoms with Crippen LogP contribution in [0.4, 0.5) is 5.82 Å². The molecule has 1 fully saturated rings. The summed E-state index contributed by atoms with van der Waals surface area (Å²) < 4.78 is 27.3. The van der Waals surface area contributed by atoms with Crippen LogP contribution in [0.15, 0.2) is 23.2 Å². The largest absolute Gasteiger partial charge is 0.308 e. The van der Waals surface area contributed by atoms with E-state index in [1.54, 1.807) is 0 Å². The Morgan fingerprint density at radius 3 is 2.84 bits per heavy atom. The standard InChI is InChI=1S/C12H20N4O2S/c1-2-10(7-9-3-4-9)16-19(17,18)11-5-6-14-12(8-11)15-13/h5-6,8-10,16H,2-4,7,13H2,1H3,(H,14,15). The number of hydrogen-bond donors (Lipinski definition) is 3. The van der Waals surface area contributed by atoms with Crippen LogP contribution in [0, 0.1) is 5.92 Å². The summed E-state index contributed by atoms with van der Waals surface area (Å²) in [5, 5.41) is 0. The smallest absolute Gasteiger partial charge is 0.241 e. The van der Waals surface area contributed by atoms with E-state index >= 15 is 0 Å². The number of rotatable bonds is 7. The molecule has 4 N–H and O–H groups in total. The highest BCUT2D eigenvalue weighted by atomic mass is 32.2. The van der Waals surface area contributed by atoms with Gasteiger partial charge in [-0.05, 0) is 24.8 Å². The molecule has 1 atom stereocenters. The number of nitrogens with one attached hydrogen (secondary N) is 2. The number of aromatic nitrogens is 1. The number of nitrogen functional groups attached to an aromatic ring is 1. The van der Waals surface area contributed by atoms with Gasteiger partial charge in [0.25, 0.3) is 0 Å². The fraction of sp³-hybridized carbons (Fsp3) is 0.583. The number of hydrazine groups is 1. The normalized spacial score (nSPS) is 17.2. The Bertz CT molecular complexity index is 528. The van der Waals surface area contributed by atoms with Crippen molar-refractivity contribution in [2.75, 3.05) is 5.43 Å². The zero-order chi connectivity index (χ0) is 13.9. The highest BCUT2D eigenvalue weighted by Crippen LogP contribution is 2.34. The van der Waals surface area contributed by atoms with E-state index in [9.17, 15) is 8.42 Å². The summed E-state index contributed by atoms with van der Waals surface area (Å²) in [6.07, 6.45) is 5.57. The number of sulfonamides is 1. The molecule has 1 heterocycles. The second-order valence-electron chi connectivity index (χ2n) is 4.93. The van der Waals surface area contributed by atoms with Crippen LogP contribution in [-0.4, -0.2) is 19.4 Å². The maximum absolute atomic E-state index is 12.3. The van der Waals surface area contributed by atoms with Gasteiger partial charge in [-0.15, -0.1) is 0 Å². The van der Waals surface area contributed by atoms with Crippen molar-refractivity contribution in [3.63, 3.8) is 0 Å². The Labute approximate surface area is 113 Å². The fourth-order valence-corrected chi connectivity index (χ4v) is 3.34. The lowest BCUT2D eigenvalue weighted by molar-refractivity contribution is 0.495. The minimum Gasteiger partial charge on any atom is -0.308 e. The molecule has 0 aliphatic heterocycles. The molecule has 0 amide bonds. The first-order valence-corrected chi connectivity index (χ1v) is 7.98. The highest BCUT2D eigenvalue weighted by molar-refractivity contribution is 7.89. The minimum atomic E-state index is -3.51. The zero-order valence-electron chi connectivity index (χ0n) is 11.0.